The second-order valence-corrected chi connectivity index (χ2v) is 16.2. The third-order valence-electron chi connectivity index (χ3n) is 14.1. The second kappa shape index (κ2) is 12.5. The lowest BCUT2D eigenvalue weighted by Gasteiger charge is -2.64. The molecule has 2 saturated heterocycles. The summed E-state index contributed by atoms with van der Waals surface area (Å²) in [4.78, 5) is 11.9. The minimum Gasteiger partial charge on any atom is -0.458 e. The highest BCUT2D eigenvalue weighted by atomic mass is 16.7. The Morgan fingerprint density at radius 2 is 1.68 bits per heavy atom. The van der Waals surface area contributed by atoms with Crippen LogP contribution in [0.1, 0.15) is 85.0 Å². The molecule has 0 radical (unpaired) electrons. The van der Waals surface area contributed by atoms with Crippen molar-refractivity contribution in [3.63, 3.8) is 0 Å². The van der Waals surface area contributed by atoms with E-state index in [4.69, 9.17) is 23.7 Å². The lowest BCUT2D eigenvalue weighted by Crippen LogP contribution is -2.62. The van der Waals surface area contributed by atoms with Crippen molar-refractivity contribution in [2.75, 3.05) is 13.2 Å². The van der Waals surface area contributed by atoms with Gasteiger partial charge in [0.15, 0.2) is 12.6 Å². The molecule has 0 bridgehead atoms. The Morgan fingerprint density at radius 3 is 2.38 bits per heavy atom. The van der Waals surface area contributed by atoms with E-state index in [1.165, 1.54) is 0 Å². The van der Waals surface area contributed by atoms with Gasteiger partial charge < -0.3 is 54.3 Å². The minimum atomic E-state index is -1.57. The van der Waals surface area contributed by atoms with E-state index in [0.29, 0.717) is 18.4 Å². The van der Waals surface area contributed by atoms with Gasteiger partial charge in [-0.15, -0.1) is 0 Å². The maximum Gasteiger partial charge on any atom is 0.331 e. The number of ether oxygens (including phenoxy) is 5. The van der Waals surface area contributed by atoms with Crippen LogP contribution in [0.3, 0.4) is 0 Å². The molecule has 7 rings (SSSR count). The van der Waals surface area contributed by atoms with Crippen molar-refractivity contribution in [2.45, 2.75) is 152 Å². The number of hydrogen-bond acceptors (Lipinski definition) is 12. The van der Waals surface area contributed by atoms with Crippen molar-refractivity contribution in [3.8, 4) is 0 Å². The third-order valence-corrected chi connectivity index (χ3v) is 14.1. The molecule has 0 aromatic rings. The summed E-state index contributed by atoms with van der Waals surface area (Å²) in [6, 6.07) is 0. The van der Waals surface area contributed by atoms with E-state index in [9.17, 15) is 35.4 Å². The number of esters is 1. The van der Waals surface area contributed by atoms with Gasteiger partial charge in [-0.3, -0.25) is 0 Å². The fourth-order valence-electron chi connectivity index (χ4n) is 11.3. The van der Waals surface area contributed by atoms with Gasteiger partial charge in [-0.25, -0.2) is 4.79 Å². The zero-order valence-electron chi connectivity index (χ0n) is 27.8. The molecule has 0 aromatic heterocycles. The predicted octanol–water partition coefficient (Wildman–Crippen LogP) is 1.31. The molecule has 4 aliphatic carbocycles. The summed E-state index contributed by atoms with van der Waals surface area (Å²) in [7, 11) is 0. The summed E-state index contributed by atoms with van der Waals surface area (Å²) in [5.74, 6) is 1.06. The van der Waals surface area contributed by atoms with Crippen molar-refractivity contribution >= 4 is 5.97 Å². The van der Waals surface area contributed by atoms with Gasteiger partial charge in [0.1, 0.15) is 37.1 Å². The van der Waals surface area contributed by atoms with Crippen molar-refractivity contribution in [3.05, 3.63) is 11.6 Å². The van der Waals surface area contributed by atoms with E-state index in [1.807, 2.05) is 0 Å². The number of cyclic esters (lactones) is 1. The van der Waals surface area contributed by atoms with Crippen LogP contribution < -0.4 is 0 Å². The van der Waals surface area contributed by atoms with E-state index in [-0.39, 0.29) is 41.2 Å². The van der Waals surface area contributed by atoms with Gasteiger partial charge in [0.25, 0.3) is 0 Å². The normalized spacial score (nSPS) is 54.7. The van der Waals surface area contributed by atoms with Crippen molar-refractivity contribution < 1.29 is 59.1 Å². The highest BCUT2D eigenvalue weighted by molar-refractivity contribution is 5.85. The fourth-order valence-corrected chi connectivity index (χ4v) is 11.3. The third kappa shape index (κ3) is 5.53. The van der Waals surface area contributed by atoms with Crippen LogP contribution in [0.4, 0.5) is 0 Å². The van der Waals surface area contributed by atoms with Crippen LogP contribution >= 0.6 is 0 Å². The summed E-state index contributed by atoms with van der Waals surface area (Å²) in [5.41, 5.74) is 0.164. The molecular formula is C35H54O12. The molecule has 0 unspecified atom stereocenters. The molecule has 6 fully saturated rings. The Kier molecular flexibility index (Phi) is 9.14. The van der Waals surface area contributed by atoms with E-state index in [1.54, 1.807) is 13.0 Å². The lowest BCUT2D eigenvalue weighted by molar-refractivity contribution is -0.344. The van der Waals surface area contributed by atoms with Gasteiger partial charge in [0.2, 0.25) is 0 Å². The minimum absolute atomic E-state index is 0.0171. The highest BCUT2D eigenvalue weighted by Gasteiger charge is 2.67. The summed E-state index contributed by atoms with van der Waals surface area (Å²) in [5, 5.41) is 63.6. The molecule has 4 saturated carbocycles. The molecule has 7 aliphatic rings. The Bertz CT molecular complexity index is 1200. The maximum absolute atomic E-state index is 12.5. The Morgan fingerprint density at radius 1 is 0.894 bits per heavy atom. The molecule has 12 nitrogen and oxygen atoms in total. The Hall–Kier alpha value is -1.19. The van der Waals surface area contributed by atoms with Gasteiger partial charge in [-0.2, -0.15) is 0 Å². The zero-order valence-corrected chi connectivity index (χ0v) is 27.8. The number of carbonyl (C=O) groups is 1. The SMILES string of the molecule is C[C@@H]1O[C@H](O[C@H]2CC[C@@]3(C)[C@H](CC[C@@H]4[C@@H]3CC[C@]3(C)[C@@H](C5=CC(=O)OC5)CC[C@]43O)C2)C[C@@H](O)[C@H]1O[C@H]1O[C@@H](CO)[C@H](O)[C@H](O)[C@@H]1O. The van der Waals surface area contributed by atoms with Gasteiger partial charge in [-0.05, 0) is 99.4 Å². The first-order valence-corrected chi connectivity index (χ1v) is 17.8. The van der Waals surface area contributed by atoms with Crippen LogP contribution in [0.15, 0.2) is 11.6 Å². The van der Waals surface area contributed by atoms with Crippen molar-refractivity contribution in [1.29, 1.82) is 0 Å². The molecule has 266 valence electrons. The van der Waals surface area contributed by atoms with Crippen LogP contribution in [0.2, 0.25) is 0 Å². The van der Waals surface area contributed by atoms with E-state index in [0.717, 1.165) is 63.4 Å². The van der Waals surface area contributed by atoms with Crippen LogP contribution in [0, 0.1) is 34.5 Å². The molecule has 0 spiro atoms. The van der Waals surface area contributed by atoms with Crippen LogP contribution in [-0.4, -0.2) is 117 Å². The second-order valence-electron chi connectivity index (χ2n) is 16.2. The van der Waals surface area contributed by atoms with E-state index in [2.05, 4.69) is 13.8 Å². The zero-order chi connectivity index (χ0) is 33.5. The standard InChI is InChI=1S/C35H54O12/c1-17-31(47-32-30(41)29(40)28(39)25(15-36)46-32)24(37)14-27(44-17)45-20-6-9-33(2)19(13-20)4-5-23-22(33)7-10-34(3)21(8-11-35(23,34)42)18-12-26(38)43-16-18/h12,17,19-25,27-32,36-37,39-42H,4-11,13-16H2,1-3H3/t17-,19+,20-,21+,22-,23+,24+,25-,27+,28-,29-,30-,31-,32+,33-,34+,35-/m0/s1. The molecule has 47 heavy (non-hydrogen) atoms. The number of hydrogen-bond donors (Lipinski definition) is 6. The topological polar surface area (TPSA) is 185 Å². The monoisotopic (exact) mass is 666 g/mol. The molecule has 3 heterocycles. The number of fused-ring (bicyclic) bond motifs is 5. The van der Waals surface area contributed by atoms with Crippen LogP contribution in [0.25, 0.3) is 0 Å². The summed E-state index contributed by atoms with van der Waals surface area (Å²) in [6.45, 7) is 6.22. The van der Waals surface area contributed by atoms with Gasteiger partial charge >= 0.3 is 5.97 Å². The first-order chi connectivity index (χ1) is 22.3. The van der Waals surface area contributed by atoms with Crippen LogP contribution in [-0.2, 0) is 28.5 Å². The maximum atomic E-state index is 12.5. The molecule has 0 amide bonds. The van der Waals surface area contributed by atoms with Crippen molar-refractivity contribution in [1.82, 2.24) is 0 Å². The molecule has 6 N–H and O–H groups in total. The fraction of sp³-hybridized carbons (Fsp3) is 0.914. The summed E-state index contributed by atoms with van der Waals surface area (Å²) < 4.78 is 29.2. The predicted molar refractivity (Wildman–Crippen MR) is 164 cm³/mol. The first kappa shape index (κ1) is 34.3. The Labute approximate surface area is 276 Å². The number of aliphatic hydroxyl groups excluding tert-OH is 5. The highest BCUT2D eigenvalue weighted by Crippen LogP contribution is 2.70. The Balaban J connectivity index is 0.958. The average Bonchev–Trinajstić information content (AvgIpc) is 3.58. The average molecular weight is 667 g/mol. The molecule has 3 aliphatic heterocycles. The van der Waals surface area contributed by atoms with Crippen LogP contribution in [0.5, 0.6) is 0 Å². The van der Waals surface area contributed by atoms with E-state index >= 15 is 0 Å². The number of aliphatic hydroxyl groups is 6. The summed E-state index contributed by atoms with van der Waals surface area (Å²) in [6.07, 6.45) is 0.0861. The van der Waals surface area contributed by atoms with Gasteiger partial charge in [0.05, 0.1) is 30.5 Å². The summed E-state index contributed by atoms with van der Waals surface area (Å²) >= 11 is 0. The quantitative estimate of drug-likeness (QED) is 0.177. The van der Waals surface area contributed by atoms with Gasteiger partial charge in [0, 0.05) is 17.9 Å². The number of carbonyl (C=O) groups excluding carboxylic acids is 1. The first-order valence-electron chi connectivity index (χ1n) is 17.8. The van der Waals surface area contributed by atoms with E-state index < -0.39 is 67.5 Å². The molecule has 12 heteroatoms. The molecule has 0 aromatic carbocycles. The van der Waals surface area contributed by atoms with Crippen molar-refractivity contribution in [2.24, 2.45) is 34.5 Å². The van der Waals surface area contributed by atoms with Gasteiger partial charge in [-0.1, -0.05) is 13.8 Å². The number of rotatable bonds is 6. The molecular weight excluding hydrogens is 612 g/mol. The largest absolute Gasteiger partial charge is 0.458 e. The molecule has 17 atom stereocenters. The lowest BCUT2D eigenvalue weighted by atomic mass is 9.43. The smallest absolute Gasteiger partial charge is 0.331 e.